The smallest absolute Gasteiger partial charge is 0.326 e. The van der Waals surface area contributed by atoms with E-state index in [0.29, 0.717) is 17.1 Å². The second-order valence-electron chi connectivity index (χ2n) is 6.46. The molecule has 7 nitrogen and oxygen atoms in total. The maximum Gasteiger partial charge on any atom is 0.326 e. The van der Waals surface area contributed by atoms with Gasteiger partial charge < -0.3 is 14.2 Å². The highest BCUT2D eigenvalue weighted by molar-refractivity contribution is 8.18. The van der Waals surface area contributed by atoms with Crippen LogP contribution in [0.15, 0.2) is 23.1 Å². The van der Waals surface area contributed by atoms with Gasteiger partial charge in [0, 0.05) is 5.56 Å². The van der Waals surface area contributed by atoms with Crippen LogP contribution in [0.1, 0.15) is 26.3 Å². The van der Waals surface area contributed by atoms with Crippen LogP contribution >= 0.6 is 11.8 Å². The summed E-state index contributed by atoms with van der Waals surface area (Å²) in [5, 5.41) is -0.519. The number of benzene rings is 1. The Bertz CT molecular complexity index is 765. The van der Waals surface area contributed by atoms with E-state index in [9.17, 15) is 14.4 Å². The Morgan fingerprint density at radius 3 is 2.46 bits per heavy atom. The van der Waals surface area contributed by atoms with E-state index in [1.165, 1.54) is 14.2 Å². The Hall–Kier alpha value is -2.48. The molecule has 140 valence electrons. The quantitative estimate of drug-likeness (QED) is 0.574. The summed E-state index contributed by atoms with van der Waals surface area (Å²) in [6, 6.07) is 5.13. The maximum absolute atomic E-state index is 12.5. The van der Waals surface area contributed by atoms with Crippen LogP contribution in [0.25, 0.3) is 6.08 Å². The van der Waals surface area contributed by atoms with Crippen LogP contribution in [-0.4, -0.2) is 48.4 Å². The second-order valence-corrected chi connectivity index (χ2v) is 7.46. The van der Waals surface area contributed by atoms with Crippen molar-refractivity contribution in [2.45, 2.75) is 26.4 Å². The molecule has 0 bridgehead atoms. The molecule has 1 aromatic carbocycles. The van der Waals surface area contributed by atoms with Crippen molar-refractivity contribution in [3.05, 3.63) is 28.7 Å². The molecule has 0 radical (unpaired) electrons. The summed E-state index contributed by atoms with van der Waals surface area (Å²) < 4.78 is 15.6. The van der Waals surface area contributed by atoms with E-state index in [1.54, 1.807) is 45.0 Å². The Balaban J connectivity index is 2.23. The number of thioether (sulfide) groups is 1. The van der Waals surface area contributed by atoms with Crippen molar-refractivity contribution < 1.29 is 28.6 Å². The number of amides is 2. The average molecular weight is 379 g/mol. The lowest BCUT2D eigenvalue weighted by molar-refractivity contribution is -0.156. The van der Waals surface area contributed by atoms with Crippen LogP contribution in [-0.2, 0) is 14.3 Å². The Kier molecular flexibility index (Phi) is 5.97. The van der Waals surface area contributed by atoms with Crippen LogP contribution in [0, 0.1) is 0 Å². The maximum atomic E-state index is 12.5. The zero-order chi connectivity index (χ0) is 19.5. The number of hydrogen-bond donors (Lipinski definition) is 0. The molecule has 0 unspecified atom stereocenters. The average Bonchev–Trinajstić information content (AvgIpc) is 2.80. The molecule has 0 spiro atoms. The molecular weight excluding hydrogens is 358 g/mol. The highest BCUT2D eigenvalue weighted by Gasteiger charge is 2.37. The minimum absolute atomic E-state index is 0.199. The van der Waals surface area contributed by atoms with Crippen LogP contribution < -0.4 is 9.47 Å². The van der Waals surface area contributed by atoms with E-state index in [4.69, 9.17) is 14.2 Å². The van der Waals surface area contributed by atoms with Crippen molar-refractivity contribution in [3.8, 4) is 11.5 Å². The predicted octanol–water partition coefficient (Wildman–Crippen LogP) is 3.08. The summed E-state index contributed by atoms with van der Waals surface area (Å²) in [6.45, 7) is 4.73. The lowest BCUT2D eigenvalue weighted by Crippen LogP contribution is -2.37. The summed E-state index contributed by atoms with van der Waals surface area (Å²) in [5.74, 6) is -0.0643. The number of carbonyl (C=O) groups is 3. The van der Waals surface area contributed by atoms with Gasteiger partial charge in [-0.2, -0.15) is 0 Å². The van der Waals surface area contributed by atoms with Gasteiger partial charge >= 0.3 is 5.97 Å². The molecule has 0 atom stereocenters. The Morgan fingerprint density at radius 2 is 1.88 bits per heavy atom. The third-order valence-electron chi connectivity index (χ3n) is 3.30. The van der Waals surface area contributed by atoms with Crippen molar-refractivity contribution in [1.82, 2.24) is 4.90 Å². The third-order valence-corrected chi connectivity index (χ3v) is 4.21. The fourth-order valence-corrected chi connectivity index (χ4v) is 3.06. The standard InChI is InChI=1S/C18H21NO6S/c1-18(2,3)25-15(20)10-19-16(21)14(26-17(19)22)9-11-8-12(23-4)6-7-13(11)24-5/h6-9H,10H2,1-5H3/b14-9-. The van der Waals surface area contributed by atoms with Crippen LogP contribution in [0.5, 0.6) is 11.5 Å². The van der Waals surface area contributed by atoms with Gasteiger partial charge in [0.15, 0.2) is 0 Å². The molecule has 1 aromatic rings. The van der Waals surface area contributed by atoms with Gasteiger partial charge in [-0.05, 0) is 56.8 Å². The van der Waals surface area contributed by atoms with Gasteiger partial charge in [-0.1, -0.05) is 0 Å². The van der Waals surface area contributed by atoms with E-state index >= 15 is 0 Å². The predicted molar refractivity (Wildman–Crippen MR) is 98.1 cm³/mol. The monoisotopic (exact) mass is 379 g/mol. The van der Waals surface area contributed by atoms with E-state index in [1.807, 2.05) is 0 Å². The molecule has 2 amide bonds. The van der Waals surface area contributed by atoms with Crippen LogP contribution in [0.2, 0.25) is 0 Å². The van der Waals surface area contributed by atoms with Crippen molar-refractivity contribution >= 4 is 35.0 Å². The largest absolute Gasteiger partial charge is 0.497 e. The number of nitrogens with zero attached hydrogens (tertiary/aromatic N) is 1. The normalized spacial score (nSPS) is 16.2. The fourth-order valence-electron chi connectivity index (χ4n) is 2.23. The number of rotatable bonds is 5. The molecule has 1 heterocycles. The molecule has 0 aromatic heterocycles. The van der Waals surface area contributed by atoms with Crippen LogP contribution in [0.3, 0.4) is 0 Å². The molecule has 0 saturated carbocycles. The zero-order valence-corrected chi connectivity index (χ0v) is 16.1. The Morgan fingerprint density at radius 1 is 1.19 bits per heavy atom. The molecule has 0 aliphatic carbocycles. The first-order chi connectivity index (χ1) is 12.1. The van der Waals surface area contributed by atoms with Gasteiger partial charge in [-0.25, -0.2) is 0 Å². The number of methoxy groups -OCH3 is 2. The molecule has 1 aliphatic rings. The number of carbonyl (C=O) groups excluding carboxylic acids is 3. The molecular formula is C18H21NO6S. The zero-order valence-electron chi connectivity index (χ0n) is 15.3. The van der Waals surface area contributed by atoms with Crippen molar-refractivity contribution in [2.75, 3.05) is 20.8 Å². The van der Waals surface area contributed by atoms with E-state index in [0.717, 1.165) is 16.7 Å². The second kappa shape index (κ2) is 7.82. The summed E-state index contributed by atoms with van der Waals surface area (Å²) in [5.41, 5.74) is -0.0996. The number of ether oxygens (including phenoxy) is 3. The number of imide groups is 1. The summed E-state index contributed by atoms with van der Waals surface area (Å²) in [7, 11) is 3.04. The van der Waals surface area contributed by atoms with E-state index < -0.39 is 29.3 Å². The first-order valence-corrected chi connectivity index (χ1v) is 8.65. The van der Waals surface area contributed by atoms with Gasteiger partial charge in [0.1, 0.15) is 23.6 Å². The minimum atomic E-state index is -0.692. The van der Waals surface area contributed by atoms with Crippen molar-refractivity contribution in [2.24, 2.45) is 0 Å². The van der Waals surface area contributed by atoms with Crippen LogP contribution in [0.4, 0.5) is 4.79 Å². The number of esters is 1. The molecule has 1 aliphatic heterocycles. The highest BCUT2D eigenvalue weighted by atomic mass is 32.2. The summed E-state index contributed by atoms with van der Waals surface area (Å²) in [6.07, 6.45) is 1.54. The van der Waals surface area contributed by atoms with Gasteiger partial charge in [0.2, 0.25) is 0 Å². The van der Waals surface area contributed by atoms with Gasteiger partial charge in [-0.3, -0.25) is 19.3 Å². The van der Waals surface area contributed by atoms with Crippen molar-refractivity contribution in [3.63, 3.8) is 0 Å². The molecule has 1 saturated heterocycles. The first-order valence-electron chi connectivity index (χ1n) is 7.84. The fraction of sp³-hybridized carbons (Fsp3) is 0.389. The Labute approximate surface area is 156 Å². The molecule has 0 N–H and O–H groups in total. The minimum Gasteiger partial charge on any atom is -0.497 e. The lowest BCUT2D eigenvalue weighted by atomic mass is 10.1. The summed E-state index contributed by atoms with van der Waals surface area (Å²) in [4.78, 5) is 37.6. The van der Waals surface area contributed by atoms with Crippen molar-refractivity contribution in [1.29, 1.82) is 0 Å². The third kappa shape index (κ3) is 4.78. The SMILES string of the molecule is COc1ccc(OC)c(/C=C2\SC(=O)N(CC(=O)OC(C)(C)C)C2=O)c1. The number of hydrogen-bond acceptors (Lipinski definition) is 7. The van der Waals surface area contributed by atoms with E-state index in [-0.39, 0.29) is 4.91 Å². The van der Waals surface area contributed by atoms with E-state index in [2.05, 4.69) is 0 Å². The molecule has 8 heteroatoms. The highest BCUT2D eigenvalue weighted by Crippen LogP contribution is 2.35. The summed E-state index contributed by atoms with van der Waals surface area (Å²) >= 11 is 0.764. The van der Waals surface area contributed by atoms with Gasteiger partial charge in [-0.15, -0.1) is 0 Å². The molecule has 1 fully saturated rings. The lowest BCUT2D eigenvalue weighted by Gasteiger charge is -2.21. The first kappa shape index (κ1) is 19.8. The van der Waals surface area contributed by atoms with Gasteiger partial charge in [0.25, 0.3) is 11.1 Å². The van der Waals surface area contributed by atoms with Gasteiger partial charge in [0.05, 0.1) is 19.1 Å². The molecule has 26 heavy (non-hydrogen) atoms. The topological polar surface area (TPSA) is 82.1 Å². The molecule has 2 rings (SSSR count).